The van der Waals surface area contributed by atoms with Crippen LogP contribution in [0.4, 0.5) is 24.5 Å². The lowest BCUT2D eigenvalue weighted by Gasteiger charge is -2.29. The van der Waals surface area contributed by atoms with Crippen LogP contribution in [0.3, 0.4) is 0 Å². The molecule has 7 rings (SSSR count). The van der Waals surface area contributed by atoms with Crippen LogP contribution in [-0.2, 0) is 21.4 Å². The zero-order chi connectivity index (χ0) is 40.6. The van der Waals surface area contributed by atoms with E-state index in [4.69, 9.17) is 5.10 Å². The molecule has 2 aliphatic heterocycles. The average Bonchev–Trinajstić information content (AvgIpc) is 3.70. The number of piperidine rings is 1. The molecule has 1 aliphatic carbocycles. The third-order valence-electron chi connectivity index (χ3n) is 10.8. The highest BCUT2D eigenvalue weighted by Crippen LogP contribution is 2.37. The van der Waals surface area contributed by atoms with Gasteiger partial charge in [0.25, 0.3) is 17.7 Å². The molecule has 17 heteroatoms. The van der Waals surface area contributed by atoms with E-state index < -0.39 is 58.7 Å². The van der Waals surface area contributed by atoms with Gasteiger partial charge in [-0.05, 0) is 108 Å². The standard InChI is InChI=1S/C40H43F3N8O6/c1-39(2,57)26-19-29-23(18-30(26)47-35(53)28-8-4-9-32(46-28)40(41,42)43)21-50(49-29)24-12-10-22(11-13-24)20-44-16-5-17-45-27-7-3-6-25-34(27)38(56)51(37(25)55)31-14-15-33(52)48-36(31)54/h3-4,6-9,18-19,21-22,24,31,44-45,57H,5,10-17,20H2,1-2H3,(H,47,53)(H,48,52,54)/t22-,24-,31?. The van der Waals surface area contributed by atoms with Gasteiger partial charge in [-0.25, -0.2) is 4.98 Å². The maximum atomic E-state index is 13.3. The number of fused-ring (bicyclic) bond motifs is 2. The monoisotopic (exact) mass is 788 g/mol. The number of carbonyl (C=O) groups is 5. The lowest BCUT2D eigenvalue weighted by atomic mass is 9.86. The van der Waals surface area contributed by atoms with Crippen LogP contribution >= 0.6 is 0 Å². The first kappa shape index (κ1) is 39.6. The molecule has 4 aromatic rings. The first-order valence-corrected chi connectivity index (χ1v) is 19.0. The van der Waals surface area contributed by atoms with E-state index in [1.165, 1.54) is 6.07 Å². The Labute approximate surface area is 325 Å². The fraction of sp³-hybridized carbons (Fsp3) is 0.425. The number of pyridine rings is 1. The maximum absolute atomic E-state index is 13.3. The van der Waals surface area contributed by atoms with Crippen molar-refractivity contribution in [3.63, 3.8) is 0 Å². The number of amides is 5. The second-order valence-electron chi connectivity index (χ2n) is 15.3. The predicted molar refractivity (Wildman–Crippen MR) is 202 cm³/mol. The first-order valence-electron chi connectivity index (χ1n) is 19.0. The fourth-order valence-corrected chi connectivity index (χ4v) is 7.81. The second-order valence-corrected chi connectivity index (χ2v) is 15.3. The lowest BCUT2D eigenvalue weighted by molar-refractivity contribution is -0.141. The maximum Gasteiger partial charge on any atom is 0.433 e. The molecule has 57 heavy (non-hydrogen) atoms. The van der Waals surface area contributed by atoms with Crippen LogP contribution in [0.1, 0.15) is 107 Å². The number of nitrogens with zero attached hydrogens (tertiary/aromatic N) is 4. The zero-order valence-corrected chi connectivity index (χ0v) is 31.4. The Hall–Kier alpha value is -5.68. The third-order valence-corrected chi connectivity index (χ3v) is 10.8. The van der Waals surface area contributed by atoms with Crippen molar-refractivity contribution in [1.82, 2.24) is 30.3 Å². The Morgan fingerprint density at radius 2 is 1.70 bits per heavy atom. The van der Waals surface area contributed by atoms with E-state index in [1.807, 2.05) is 10.9 Å². The van der Waals surface area contributed by atoms with Crippen molar-refractivity contribution in [2.24, 2.45) is 5.92 Å². The molecule has 14 nitrogen and oxygen atoms in total. The van der Waals surface area contributed by atoms with Crippen LogP contribution in [0.5, 0.6) is 0 Å². The van der Waals surface area contributed by atoms with E-state index in [1.54, 1.807) is 44.2 Å². The molecule has 5 amide bonds. The van der Waals surface area contributed by atoms with Crippen LogP contribution in [0.2, 0.25) is 0 Å². The number of halogens is 3. The number of anilines is 2. The Morgan fingerprint density at radius 1 is 0.947 bits per heavy atom. The Kier molecular flexibility index (Phi) is 10.9. The molecule has 0 bridgehead atoms. The summed E-state index contributed by atoms with van der Waals surface area (Å²) in [6.45, 7) is 5.21. The van der Waals surface area contributed by atoms with E-state index >= 15 is 0 Å². The summed E-state index contributed by atoms with van der Waals surface area (Å²) in [6.07, 6.45) is 1.82. The van der Waals surface area contributed by atoms with Gasteiger partial charge >= 0.3 is 6.18 Å². The van der Waals surface area contributed by atoms with Crippen molar-refractivity contribution in [2.45, 2.75) is 82.7 Å². The largest absolute Gasteiger partial charge is 0.433 e. The molecule has 0 spiro atoms. The van der Waals surface area contributed by atoms with Gasteiger partial charge in [0.2, 0.25) is 11.8 Å². The van der Waals surface area contributed by atoms with E-state index in [2.05, 4.69) is 26.3 Å². The predicted octanol–water partition coefficient (Wildman–Crippen LogP) is 5.15. The van der Waals surface area contributed by atoms with Crippen molar-refractivity contribution < 1.29 is 42.3 Å². The SMILES string of the molecule is CC(C)(O)c1cc2nn([C@H]3CC[C@H](CNCCCNc4cccc5c4C(=O)N(C4CCC(=O)NC4=O)C5=O)CC3)cc2cc1NC(=O)c1cccc(C(F)(F)F)n1. The number of rotatable bonds is 12. The van der Waals surface area contributed by atoms with Gasteiger partial charge in [0.15, 0.2) is 0 Å². The molecular formula is C40H43F3N8O6. The van der Waals surface area contributed by atoms with Crippen molar-refractivity contribution >= 4 is 51.8 Å². The first-order chi connectivity index (χ1) is 27.1. The smallest absolute Gasteiger partial charge is 0.386 e. The molecule has 2 aromatic heterocycles. The molecule has 3 aliphatic rings. The lowest BCUT2D eigenvalue weighted by Crippen LogP contribution is -2.54. The number of imide groups is 2. The molecule has 4 heterocycles. The van der Waals surface area contributed by atoms with Crippen molar-refractivity contribution in [1.29, 1.82) is 0 Å². The van der Waals surface area contributed by atoms with Crippen molar-refractivity contribution in [3.8, 4) is 0 Å². The highest BCUT2D eigenvalue weighted by Gasteiger charge is 2.45. The van der Waals surface area contributed by atoms with Crippen LogP contribution < -0.4 is 21.3 Å². The number of alkyl halides is 3. The number of hydrogen-bond acceptors (Lipinski definition) is 10. The second kappa shape index (κ2) is 15.7. The van der Waals surface area contributed by atoms with Gasteiger partial charge in [-0.2, -0.15) is 18.3 Å². The summed E-state index contributed by atoms with van der Waals surface area (Å²) in [7, 11) is 0. The normalized spacial score (nSPS) is 20.2. The Morgan fingerprint density at radius 3 is 2.42 bits per heavy atom. The van der Waals surface area contributed by atoms with Gasteiger partial charge in [-0.3, -0.25) is 38.9 Å². The number of nitrogens with one attached hydrogen (secondary N) is 4. The van der Waals surface area contributed by atoms with E-state index in [-0.39, 0.29) is 35.7 Å². The summed E-state index contributed by atoms with van der Waals surface area (Å²) in [6, 6.07) is 10.6. The van der Waals surface area contributed by atoms with Crippen LogP contribution in [-0.4, -0.2) is 80.0 Å². The summed E-state index contributed by atoms with van der Waals surface area (Å²) < 4.78 is 41.6. The molecular weight excluding hydrogens is 745 g/mol. The number of hydrogen-bond donors (Lipinski definition) is 5. The van der Waals surface area contributed by atoms with Crippen LogP contribution in [0, 0.1) is 5.92 Å². The molecule has 2 fully saturated rings. The van der Waals surface area contributed by atoms with E-state index in [0.717, 1.165) is 62.2 Å². The summed E-state index contributed by atoms with van der Waals surface area (Å²) in [5.41, 5.74) is -0.771. The van der Waals surface area contributed by atoms with Gasteiger partial charge in [-0.1, -0.05) is 12.1 Å². The molecule has 2 aromatic carbocycles. The van der Waals surface area contributed by atoms with Gasteiger partial charge < -0.3 is 21.1 Å². The number of aromatic nitrogens is 3. The number of carbonyl (C=O) groups excluding carboxylic acids is 5. The third kappa shape index (κ3) is 8.39. The van der Waals surface area contributed by atoms with E-state index in [0.29, 0.717) is 34.6 Å². The minimum Gasteiger partial charge on any atom is -0.386 e. The quantitative estimate of drug-likeness (QED) is 0.0949. The molecule has 1 atom stereocenters. The Bertz CT molecular complexity index is 2240. The Balaban J connectivity index is 0.895. The minimum atomic E-state index is -4.70. The average molecular weight is 789 g/mol. The molecule has 1 saturated carbocycles. The summed E-state index contributed by atoms with van der Waals surface area (Å²) in [4.78, 5) is 67.9. The summed E-state index contributed by atoms with van der Waals surface area (Å²) >= 11 is 0. The highest BCUT2D eigenvalue weighted by atomic mass is 19.4. The molecule has 1 saturated heterocycles. The molecule has 300 valence electrons. The van der Waals surface area contributed by atoms with Crippen LogP contribution in [0.25, 0.3) is 10.9 Å². The van der Waals surface area contributed by atoms with E-state index in [9.17, 15) is 42.3 Å². The summed E-state index contributed by atoms with van der Waals surface area (Å²) in [5, 5.41) is 28.1. The van der Waals surface area contributed by atoms with Gasteiger partial charge in [-0.15, -0.1) is 0 Å². The number of benzene rings is 2. The molecule has 0 radical (unpaired) electrons. The molecule has 5 N–H and O–H groups in total. The van der Waals surface area contributed by atoms with Gasteiger partial charge in [0, 0.05) is 41.5 Å². The van der Waals surface area contributed by atoms with Crippen molar-refractivity contribution in [3.05, 3.63) is 82.8 Å². The van der Waals surface area contributed by atoms with Gasteiger partial charge in [0.05, 0.1) is 28.3 Å². The minimum absolute atomic E-state index is 0.0559. The topological polar surface area (TPSA) is 188 Å². The molecule has 1 unspecified atom stereocenters. The van der Waals surface area contributed by atoms with Gasteiger partial charge in [0.1, 0.15) is 17.4 Å². The van der Waals surface area contributed by atoms with Crippen LogP contribution in [0.15, 0.2) is 54.7 Å². The summed E-state index contributed by atoms with van der Waals surface area (Å²) in [5.74, 6) is -2.54. The number of aliphatic hydroxyl groups is 1. The zero-order valence-electron chi connectivity index (χ0n) is 31.4. The van der Waals surface area contributed by atoms with Crippen molar-refractivity contribution in [2.75, 3.05) is 30.3 Å². The fourth-order valence-electron chi connectivity index (χ4n) is 7.81. The highest BCUT2D eigenvalue weighted by molar-refractivity contribution is 6.25.